The lowest BCUT2D eigenvalue weighted by atomic mass is 10.2. The van der Waals surface area contributed by atoms with Crippen molar-refractivity contribution in [2.45, 2.75) is 37.6 Å². The van der Waals surface area contributed by atoms with Gasteiger partial charge in [0.1, 0.15) is 16.3 Å². The molecule has 1 atom stereocenters. The molecule has 0 aromatic carbocycles. The van der Waals surface area contributed by atoms with E-state index in [-0.39, 0.29) is 17.5 Å². The summed E-state index contributed by atoms with van der Waals surface area (Å²) in [6, 6.07) is 3.59. The van der Waals surface area contributed by atoms with Crippen molar-refractivity contribution in [3.05, 3.63) is 35.6 Å². The van der Waals surface area contributed by atoms with Gasteiger partial charge in [-0.05, 0) is 51.9 Å². The summed E-state index contributed by atoms with van der Waals surface area (Å²) in [5, 5.41) is 3.71. The van der Waals surface area contributed by atoms with Gasteiger partial charge in [0.25, 0.3) is 0 Å². The highest BCUT2D eigenvalue weighted by Gasteiger charge is 2.29. The molecule has 0 aliphatic carbocycles. The van der Waals surface area contributed by atoms with E-state index in [9.17, 15) is 8.42 Å². The van der Waals surface area contributed by atoms with E-state index < -0.39 is 10.0 Å². The average molecular weight is 339 g/mol. The van der Waals surface area contributed by atoms with Crippen molar-refractivity contribution >= 4 is 10.0 Å². The molecule has 1 N–H and O–H groups in total. The zero-order valence-corrected chi connectivity index (χ0v) is 14.1. The van der Waals surface area contributed by atoms with Gasteiger partial charge in [-0.1, -0.05) is 5.16 Å². The van der Waals surface area contributed by atoms with Crippen molar-refractivity contribution in [3.63, 3.8) is 0 Å². The molecule has 1 unspecified atom stereocenters. The topological polar surface area (TPSA) is 88.6 Å². The standard InChI is InChI=1S/C15H21N3O4S/c1-11-15(12(2)22-17-11)23(19,20)16-10-13(14-6-5-9-21-14)18-7-3-4-8-18/h5-6,9,13,16H,3-4,7-8,10H2,1-2H3. The first-order valence-corrected chi connectivity index (χ1v) is 9.17. The van der Waals surface area contributed by atoms with Gasteiger partial charge in [0, 0.05) is 6.54 Å². The van der Waals surface area contributed by atoms with E-state index in [4.69, 9.17) is 8.94 Å². The normalized spacial score (nSPS) is 17.7. The molecule has 3 rings (SSSR count). The van der Waals surface area contributed by atoms with Crippen LogP contribution in [-0.2, 0) is 10.0 Å². The largest absolute Gasteiger partial charge is 0.468 e. The van der Waals surface area contributed by atoms with Crippen molar-refractivity contribution in [3.8, 4) is 0 Å². The summed E-state index contributed by atoms with van der Waals surface area (Å²) in [5.74, 6) is 1.07. The van der Waals surface area contributed by atoms with Gasteiger partial charge in [0.05, 0.1) is 12.3 Å². The average Bonchev–Trinajstić information content (AvgIpc) is 3.22. The number of furan rings is 1. The predicted octanol–water partition coefficient (Wildman–Crippen LogP) is 2.00. The summed E-state index contributed by atoms with van der Waals surface area (Å²) in [6.07, 6.45) is 3.85. The molecule has 23 heavy (non-hydrogen) atoms. The number of aromatic nitrogens is 1. The SMILES string of the molecule is Cc1noc(C)c1S(=O)(=O)NCC(c1ccco1)N1CCCC1. The maximum absolute atomic E-state index is 12.6. The zero-order chi connectivity index (χ0) is 16.4. The molecule has 126 valence electrons. The van der Waals surface area contributed by atoms with Gasteiger partial charge in [-0.2, -0.15) is 0 Å². The molecule has 1 aliphatic rings. The Balaban J connectivity index is 1.79. The third-order valence-electron chi connectivity index (χ3n) is 4.16. The molecular formula is C15H21N3O4S. The summed E-state index contributed by atoms with van der Waals surface area (Å²) >= 11 is 0. The first kappa shape index (κ1) is 16.2. The zero-order valence-electron chi connectivity index (χ0n) is 13.3. The van der Waals surface area contributed by atoms with Crippen molar-refractivity contribution in [1.29, 1.82) is 0 Å². The second kappa shape index (κ2) is 6.46. The van der Waals surface area contributed by atoms with Crippen LogP contribution in [0.15, 0.2) is 32.2 Å². The van der Waals surface area contributed by atoms with Crippen LogP contribution in [0.4, 0.5) is 0 Å². The van der Waals surface area contributed by atoms with Crippen molar-refractivity contribution in [2.24, 2.45) is 0 Å². The minimum Gasteiger partial charge on any atom is -0.468 e. The Morgan fingerprint density at radius 3 is 2.65 bits per heavy atom. The molecule has 2 aromatic heterocycles. The highest BCUT2D eigenvalue weighted by Crippen LogP contribution is 2.26. The fraction of sp³-hybridized carbons (Fsp3) is 0.533. The summed E-state index contributed by atoms with van der Waals surface area (Å²) in [4.78, 5) is 2.37. The number of likely N-dealkylation sites (tertiary alicyclic amines) is 1. The second-order valence-electron chi connectivity index (χ2n) is 5.78. The van der Waals surface area contributed by atoms with Gasteiger partial charge in [0.15, 0.2) is 5.76 Å². The maximum atomic E-state index is 12.6. The maximum Gasteiger partial charge on any atom is 0.246 e. The van der Waals surface area contributed by atoms with E-state index in [1.54, 1.807) is 20.1 Å². The summed E-state index contributed by atoms with van der Waals surface area (Å²) < 4.78 is 38.3. The van der Waals surface area contributed by atoms with Crippen LogP contribution in [0.5, 0.6) is 0 Å². The highest BCUT2D eigenvalue weighted by atomic mass is 32.2. The van der Waals surface area contributed by atoms with Crippen LogP contribution < -0.4 is 4.72 Å². The lowest BCUT2D eigenvalue weighted by molar-refractivity contribution is 0.216. The molecule has 1 saturated heterocycles. The molecule has 7 nitrogen and oxygen atoms in total. The molecule has 0 saturated carbocycles. The fourth-order valence-corrected chi connectivity index (χ4v) is 4.43. The van der Waals surface area contributed by atoms with E-state index in [1.807, 2.05) is 12.1 Å². The number of aryl methyl sites for hydroxylation is 2. The molecule has 0 spiro atoms. The monoisotopic (exact) mass is 339 g/mol. The first-order chi connectivity index (χ1) is 11.0. The summed E-state index contributed by atoms with van der Waals surface area (Å²) in [7, 11) is -3.67. The molecule has 0 radical (unpaired) electrons. The second-order valence-corrected chi connectivity index (χ2v) is 7.48. The fourth-order valence-electron chi connectivity index (χ4n) is 3.06. The Bertz CT molecular complexity index is 726. The van der Waals surface area contributed by atoms with Gasteiger partial charge in [-0.3, -0.25) is 4.90 Å². The van der Waals surface area contributed by atoms with E-state index in [2.05, 4.69) is 14.8 Å². The van der Waals surface area contributed by atoms with Crippen LogP contribution >= 0.6 is 0 Å². The van der Waals surface area contributed by atoms with Gasteiger partial charge in [-0.25, -0.2) is 13.1 Å². The smallest absolute Gasteiger partial charge is 0.246 e. The van der Waals surface area contributed by atoms with Crippen LogP contribution in [0, 0.1) is 13.8 Å². The van der Waals surface area contributed by atoms with Crippen LogP contribution in [-0.4, -0.2) is 38.1 Å². The molecular weight excluding hydrogens is 318 g/mol. The Morgan fingerprint density at radius 1 is 1.35 bits per heavy atom. The number of hydrogen-bond donors (Lipinski definition) is 1. The Kier molecular flexibility index (Phi) is 4.56. The van der Waals surface area contributed by atoms with Crippen LogP contribution in [0.1, 0.15) is 36.1 Å². The van der Waals surface area contributed by atoms with E-state index >= 15 is 0 Å². The molecule has 0 bridgehead atoms. The number of nitrogens with zero attached hydrogens (tertiary/aromatic N) is 2. The first-order valence-electron chi connectivity index (χ1n) is 7.69. The molecule has 3 heterocycles. The number of sulfonamides is 1. The van der Waals surface area contributed by atoms with Gasteiger partial charge in [0.2, 0.25) is 10.0 Å². The van der Waals surface area contributed by atoms with Gasteiger partial charge >= 0.3 is 0 Å². The summed E-state index contributed by atoms with van der Waals surface area (Å²) in [6.45, 7) is 5.35. The third kappa shape index (κ3) is 3.34. The summed E-state index contributed by atoms with van der Waals surface area (Å²) in [5.41, 5.74) is 0.366. The van der Waals surface area contributed by atoms with E-state index in [1.165, 1.54) is 0 Å². The molecule has 1 aliphatic heterocycles. The van der Waals surface area contributed by atoms with Crippen molar-refractivity contribution in [2.75, 3.05) is 19.6 Å². The van der Waals surface area contributed by atoms with Gasteiger partial charge < -0.3 is 8.94 Å². The third-order valence-corrected chi connectivity index (χ3v) is 5.82. The number of hydrogen-bond acceptors (Lipinski definition) is 6. The van der Waals surface area contributed by atoms with Crippen molar-refractivity contribution < 1.29 is 17.4 Å². The Morgan fingerprint density at radius 2 is 2.09 bits per heavy atom. The molecule has 1 fully saturated rings. The Labute approximate surface area is 135 Å². The van der Waals surface area contributed by atoms with E-state index in [0.717, 1.165) is 31.7 Å². The highest BCUT2D eigenvalue weighted by molar-refractivity contribution is 7.89. The van der Waals surface area contributed by atoms with Crippen LogP contribution in [0.3, 0.4) is 0 Å². The van der Waals surface area contributed by atoms with E-state index in [0.29, 0.717) is 11.5 Å². The van der Waals surface area contributed by atoms with Crippen LogP contribution in [0.2, 0.25) is 0 Å². The quantitative estimate of drug-likeness (QED) is 0.866. The lowest BCUT2D eigenvalue weighted by Crippen LogP contribution is -2.36. The minimum atomic E-state index is -3.67. The molecule has 2 aromatic rings. The van der Waals surface area contributed by atoms with Crippen LogP contribution in [0.25, 0.3) is 0 Å². The molecule has 0 amide bonds. The predicted molar refractivity (Wildman–Crippen MR) is 83.4 cm³/mol. The molecule has 8 heteroatoms. The van der Waals surface area contributed by atoms with Crippen molar-refractivity contribution in [1.82, 2.24) is 14.8 Å². The Hall–Kier alpha value is -1.64. The lowest BCUT2D eigenvalue weighted by Gasteiger charge is -2.25. The number of rotatable bonds is 6. The number of nitrogens with one attached hydrogen (secondary N) is 1. The van der Waals surface area contributed by atoms with Gasteiger partial charge in [-0.15, -0.1) is 0 Å². The minimum absolute atomic E-state index is 0.109.